The minimum atomic E-state index is -0.0471. The standard InChI is InChI=1S/C18H23ClN4/c1-15-17(19)6-2-7-18(15)23-10-4-9-22(11-12-23)14-16(13-21)5-3-8-20/h2,6-7,16H,3-5,9-12,14H2,1H3/t16-/m0/s1. The van der Waals surface area contributed by atoms with Gasteiger partial charge >= 0.3 is 0 Å². The summed E-state index contributed by atoms with van der Waals surface area (Å²) in [6, 6.07) is 10.5. The van der Waals surface area contributed by atoms with E-state index in [1.165, 1.54) is 5.69 Å². The summed E-state index contributed by atoms with van der Waals surface area (Å²) in [5.74, 6) is -0.0471. The number of halogens is 1. The predicted molar refractivity (Wildman–Crippen MR) is 93.4 cm³/mol. The first-order valence-electron chi connectivity index (χ1n) is 8.14. The fraction of sp³-hybridized carbons (Fsp3) is 0.556. The molecule has 5 heteroatoms. The highest BCUT2D eigenvalue weighted by molar-refractivity contribution is 6.31. The molecule has 0 bridgehead atoms. The Balaban J connectivity index is 1.96. The van der Waals surface area contributed by atoms with Crippen molar-refractivity contribution >= 4 is 17.3 Å². The van der Waals surface area contributed by atoms with Gasteiger partial charge in [0.05, 0.1) is 18.1 Å². The van der Waals surface area contributed by atoms with Gasteiger partial charge in [-0.2, -0.15) is 10.5 Å². The number of anilines is 1. The highest BCUT2D eigenvalue weighted by atomic mass is 35.5. The second-order valence-electron chi connectivity index (χ2n) is 6.05. The maximum Gasteiger partial charge on any atom is 0.0669 e. The number of benzene rings is 1. The van der Waals surface area contributed by atoms with Crippen LogP contribution in [0.1, 0.15) is 24.8 Å². The molecule has 1 fully saturated rings. The monoisotopic (exact) mass is 330 g/mol. The molecule has 0 saturated carbocycles. The fourth-order valence-corrected chi connectivity index (χ4v) is 3.25. The van der Waals surface area contributed by atoms with Crippen LogP contribution in [0.4, 0.5) is 5.69 Å². The summed E-state index contributed by atoms with van der Waals surface area (Å²) in [7, 11) is 0. The summed E-state index contributed by atoms with van der Waals surface area (Å²) in [6.07, 6.45) is 2.20. The molecule has 122 valence electrons. The second-order valence-corrected chi connectivity index (χ2v) is 6.46. The molecule has 0 unspecified atom stereocenters. The molecule has 2 rings (SSSR count). The number of hydrogen-bond donors (Lipinski definition) is 0. The Hall–Kier alpha value is -1.75. The fourth-order valence-electron chi connectivity index (χ4n) is 3.08. The molecule has 23 heavy (non-hydrogen) atoms. The first kappa shape index (κ1) is 17.6. The first-order valence-corrected chi connectivity index (χ1v) is 8.52. The van der Waals surface area contributed by atoms with Crippen LogP contribution < -0.4 is 4.90 Å². The first-order chi connectivity index (χ1) is 11.2. The lowest BCUT2D eigenvalue weighted by atomic mass is 10.0. The van der Waals surface area contributed by atoms with Crippen molar-refractivity contribution in [3.05, 3.63) is 28.8 Å². The van der Waals surface area contributed by atoms with Crippen LogP contribution in [0, 0.1) is 35.5 Å². The predicted octanol–water partition coefficient (Wildman–Crippen LogP) is 3.60. The van der Waals surface area contributed by atoms with Gasteiger partial charge in [0, 0.05) is 43.3 Å². The van der Waals surface area contributed by atoms with Crippen LogP contribution >= 0.6 is 11.6 Å². The van der Waals surface area contributed by atoms with E-state index in [4.69, 9.17) is 16.9 Å². The van der Waals surface area contributed by atoms with Crippen molar-refractivity contribution in [2.75, 3.05) is 37.6 Å². The van der Waals surface area contributed by atoms with Crippen molar-refractivity contribution in [2.45, 2.75) is 26.2 Å². The van der Waals surface area contributed by atoms with Gasteiger partial charge in [-0.3, -0.25) is 0 Å². The van der Waals surface area contributed by atoms with Gasteiger partial charge in [-0.05, 0) is 44.0 Å². The third kappa shape index (κ3) is 4.86. The topological polar surface area (TPSA) is 54.1 Å². The highest BCUT2D eigenvalue weighted by Crippen LogP contribution is 2.27. The molecular formula is C18H23ClN4. The molecule has 0 N–H and O–H groups in total. The summed E-state index contributed by atoms with van der Waals surface area (Å²) in [5, 5.41) is 18.7. The molecule has 0 spiro atoms. The summed E-state index contributed by atoms with van der Waals surface area (Å²) < 4.78 is 0. The molecule has 1 aromatic carbocycles. The van der Waals surface area contributed by atoms with Crippen molar-refractivity contribution in [3.8, 4) is 12.1 Å². The van der Waals surface area contributed by atoms with Gasteiger partial charge in [-0.1, -0.05) is 17.7 Å². The van der Waals surface area contributed by atoms with Crippen LogP contribution in [0.15, 0.2) is 18.2 Å². The van der Waals surface area contributed by atoms with Gasteiger partial charge in [0.15, 0.2) is 0 Å². The van der Waals surface area contributed by atoms with Gasteiger partial charge in [0.2, 0.25) is 0 Å². The minimum Gasteiger partial charge on any atom is -0.370 e. The molecule has 0 amide bonds. The Kier molecular flexibility index (Phi) is 6.71. The third-order valence-corrected chi connectivity index (χ3v) is 4.84. The zero-order valence-electron chi connectivity index (χ0n) is 13.6. The van der Waals surface area contributed by atoms with Crippen LogP contribution in [0.3, 0.4) is 0 Å². The van der Waals surface area contributed by atoms with Crippen molar-refractivity contribution in [3.63, 3.8) is 0 Å². The van der Waals surface area contributed by atoms with Gasteiger partial charge < -0.3 is 9.80 Å². The molecule has 1 aromatic rings. The maximum absolute atomic E-state index is 9.24. The SMILES string of the molecule is Cc1c(Cl)cccc1N1CCCN(C[C@H](C#N)CCC#N)CC1. The Bertz CT molecular complexity index is 602. The Morgan fingerprint density at radius 1 is 1.22 bits per heavy atom. The summed E-state index contributed by atoms with van der Waals surface area (Å²) in [4.78, 5) is 4.74. The lowest BCUT2D eigenvalue weighted by molar-refractivity contribution is 0.262. The molecule has 1 aliphatic rings. The lowest BCUT2D eigenvalue weighted by Crippen LogP contribution is -2.34. The Morgan fingerprint density at radius 2 is 2.04 bits per heavy atom. The molecule has 0 aromatic heterocycles. The molecule has 4 nitrogen and oxygen atoms in total. The van der Waals surface area contributed by atoms with E-state index in [9.17, 15) is 5.26 Å². The summed E-state index contributed by atoms with van der Waals surface area (Å²) in [5.41, 5.74) is 2.34. The average molecular weight is 331 g/mol. The normalized spacial score (nSPS) is 17.1. The highest BCUT2D eigenvalue weighted by Gasteiger charge is 2.19. The summed E-state index contributed by atoms with van der Waals surface area (Å²) >= 11 is 6.24. The van der Waals surface area contributed by atoms with Crippen molar-refractivity contribution < 1.29 is 0 Å². The maximum atomic E-state index is 9.24. The van der Waals surface area contributed by atoms with E-state index in [0.29, 0.717) is 12.8 Å². The second kappa shape index (κ2) is 8.77. The number of nitriles is 2. The number of hydrogen-bond acceptors (Lipinski definition) is 4. The minimum absolute atomic E-state index is 0.0471. The Morgan fingerprint density at radius 3 is 2.78 bits per heavy atom. The van der Waals surface area contributed by atoms with E-state index in [2.05, 4.69) is 34.9 Å². The van der Waals surface area contributed by atoms with Gasteiger partial charge in [0.25, 0.3) is 0 Å². The molecule has 0 radical (unpaired) electrons. The zero-order chi connectivity index (χ0) is 16.7. The third-order valence-electron chi connectivity index (χ3n) is 4.43. The van der Waals surface area contributed by atoms with Gasteiger partial charge in [-0.15, -0.1) is 0 Å². The van der Waals surface area contributed by atoms with E-state index in [0.717, 1.165) is 49.7 Å². The molecular weight excluding hydrogens is 308 g/mol. The number of nitrogens with zero attached hydrogens (tertiary/aromatic N) is 4. The van der Waals surface area contributed by atoms with Crippen molar-refractivity contribution in [1.29, 1.82) is 10.5 Å². The van der Waals surface area contributed by atoms with E-state index < -0.39 is 0 Å². The molecule has 1 saturated heterocycles. The van der Waals surface area contributed by atoms with E-state index in [-0.39, 0.29) is 5.92 Å². The van der Waals surface area contributed by atoms with Crippen LogP contribution in [0.2, 0.25) is 5.02 Å². The van der Waals surface area contributed by atoms with Crippen LogP contribution in [0.25, 0.3) is 0 Å². The quantitative estimate of drug-likeness (QED) is 0.827. The molecule has 1 heterocycles. The average Bonchev–Trinajstić information content (AvgIpc) is 2.79. The van der Waals surface area contributed by atoms with Crippen molar-refractivity contribution in [2.24, 2.45) is 5.92 Å². The van der Waals surface area contributed by atoms with E-state index >= 15 is 0 Å². The van der Waals surface area contributed by atoms with E-state index in [1.807, 2.05) is 12.1 Å². The largest absolute Gasteiger partial charge is 0.370 e. The molecule has 0 aliphatic carbocycles. The van der Waals surface area contributed by atoms with Crippen LogP contribution in [-0.2, 0) is 0 Å². The molecule has 1 aliphatic heterocycles. The molecule has 1 atom stereocenters. The smallest absolute Gasteiger partial charge is 0.0669 e. The lowest BCUT2D eigenvalue weighted by Gasteiger charge is -2.26. The number of rotatable bonds is 5. The van der Waals surface area contributed by atoms with Gasteiger partial charge in [0.1, 0.15) is 0 Å². The summed E-state index contributed by atoms with van der Waals surface area (Å²) in [6.45, 7) is 6.72. The Labute approximate surface area is 143 Å². The van der Waals surface area contributed by atoms with Crippen molar-refractivity contribution in [1.82, 2.24) is 4.90 Å². The van der Waals surface area contributed by atoms with E-state index in [1.54, 1.807) is 0 Å². The van der Waals surface area contributed by atoms with Gasteiger partial charge in [-0.25, -0.2) is 0 Å². The van der Waals surface area contributed by atoms with Crippen LogP contribution in [-0.4, -0.2) is 37.6 Å². The van der Waals surface area contributed by atoms with Crippen LogP contribution in [0.5, 0.6) is 0 Å². The zero-order valence-corrected chi connectivity index (χ0v) is 14.4.